The summed E-state index contributed by atoms with van der Waals surface area (Å²) in [6.07, 6.45) is 2.56. The van der Waals surface area contributed by atoms with E-state index in [2.05, 4.69) is 0 Å². The van der Waals surface area contributed by atoms with Crippen LogP contribution >= 0.6 is 0 Å². The standard InChI is InChI=1S/C24H24N2O4/c1-16-5-2-3-7-21(16)30-15-22-19(9-10-29-22)24(28)25-12-17-11-18(14-25)20-6-4-8-23(27)26(20)13-17/h2-10,17-18H,11-15H2,1H3. The zero-order chi connectivity index (χ0) is 20.7. The van der Waals surface area contributed by atoms with Crippen LogP contribution in [0.15, 0.2) is 64.0 Å². The van der Waals surface area contributed by atoms with E-state index >= 15 is 0 Å². The van der Waals surface area contributed by atoms with E-state index in [0.717, 1.165) is 23.4 Å². The zero-order valence-corrected chi connectivity index (χ0v) is 16.9. The average Bonchev–Trinajstić information content (AvgIpc) is 3.22. The van der Waals surface area contributed by atoms with Crippen molar-refractivity contribution in [2.24, 2.45) is 5.92 Å². The van der Waals surface area contributed by atoms with Crippen molar-refractivity contribution in [2.45, 2.75) is 32.4 Å². The van der Waals surface area contributed by atoms with Crippen molar-refractivity contribution < 1.29 is 13.9 Å². The number of para-hydroxylation sites is 1. The molecule has 30 heavy (non-hydrogen) atoms. The van der Waals surface area contributed by atoms with Crippen LogP contribution in [0.25, 0.3) is 0 Å². The predicted octanol–water partition coefficient (Wildman–Crippen LogP) is 3.59. The van der Waals surface area contributed by atoms with Crippen molar-refractivity contribution in [3.05, 3.63) is 87.7 Å². The molecule has 2 bridgehead atoms. The van der Waals surface area contributed by atoms with Gasteiger partial charge in [-0.25, -0.2) is 0 Å². The molecule has 2 aliphatic rings. The molecule has 6 nitrogen and oxygen atoms in total. The normalized spacial score (nSPS) is 20.0. The molecular formula is C24H24N2O4. The van der Waals surface area contributed by atoms with Gasteiger partial charge in [-0.15, -0.1) is 0 Å². The first kappa shape index (κ1) is 18.7. The van der Waals surface area contributed by atoms with Crippen molar-refractivity contribution in [3.63, 3.8) is 0 Å². The van der Waals surface area contributed by atoms with Crippen molar-refractivity contribution in [1.82, 2.24) is 9.47 Å². The van der Waals surface area contributed by atoms with Gasteiger partial charge in [-0.05, 0) is 43.0 Å². The number of carbonyl (C=O) groups excluding carboxylic acids is 1. The maximum absolute atomic E-state index is 13.3. The van der Waals surface area contributed by atoms with Crippen LogP contribution in [-0.4, -0.2) is 28.5 Å². The second-order valence-corrected chi connectivity index (χ2v) is 8.22. The number of rotatable bonds is 4. The van der Waals surface area contributed by atoms with Crippen molar-refractivity contribution in [3.8, 4) is 5.75 Å². The molecule has 1 saturated heterocycles. The van der Waals surface area contributed by atoms with Gasteiger partial charge >= 0.3 is 0 Å². The summed E-state index contributed by atoms with van der Waals surface area (Å²) < 4.78 is 13.4. The number of hydrogen-bond donors (Lipinski definition) is 0. The van der Waals surface area contributed by atoms with Crippen LogP contribution < -0.4 is 10.3 Å². The lowest BCUT2D eigenvalue weighted by molar-refractivity contribution is 0.0590. The Hall–Kier alpha value is -3.28. The number of aryl methyl sites for hydroxylation is 1. The first-order valence-electron chi connectivity index (χ1n) is 10.3. The number of benzene rings is 1. The summed E-state index contributed by atoms with van der Waals surface area (Å²) in [7, 11) is 0. The molecule has 1 amide bonds. The highest BCUT2D eigenvalue weighted by atomic mass is 16.5. The van der Waals surface area contributed by atoms with Gasteiger partial charge in [-0.1, -0.05) is 24.3 Å². The lowest BCUT2D eigenvalue weighted by Crippen LogP contribution is -2.49. The third-order valence-corrected chi connectivity index (χ3v) is 6.20. The summed E-state index contributed by atoms with van der Waals surface area (Å²) in [5, 5.41) is 0. The number of nitrogens with zero attached hydrogens (tertiary/aromatic N) is 2. The highest BCUT2D eigenvalue weighted by Crippen LogP contribution is 2.35. The predicted molar refractivity (Wildman–Crippen MR) is 112 cm³/mol. The maximum Gasteiger partial charge on any atom is 0.257 e. The van der Waals surface area contributed by atoms with Gasteiger partial charge in [-0.2, -0.15) is 0 Å². The number of fused-ring (bicyclic) bond motifs is 4. The number of furan rings is 1. The van der Waals surface area contributed by atoms with E-state index in [1.807, 2.05) is 52.8 Å². The second kappa shape index (κ2) is 7.52. The Balaban J connectivity index is 1.34. The molecule has 5 rings (SSSR count). The van der Waals surface area contributed by atoms with Crippen LogP contribution in [0.2, 0.25) is 0 Å². The fourth-order valence-electron chi connectivity index (χ4n) is 4.74. The number of likely N-dealkylation sites (tertiary alicyclic amines) is 1. The molecule has 0 radical (unpaired) electrons. The van der Waals surface area contributed by atoms with Crippen LogP contribution in [0.3, 0.4) is 0 Å². The Morgan fingerprint density at radius 1 is 1.10 bits per heavy atom. The molecule has 2 aliphatic heterocycles. The number of hydrogen-bond acceptors (Lipinski definition) is 4. The van der Waals surface area contributed by atoms with Gasteiger partial charge in [0.05, 0.1) is 11.8 Å². The number of carbonyl (C=O) groups is 1. The molecular weight excluding hydrogens is 380 g/mol. The Morgan fingerprint density at radius 3 is 2.83 bits per heavy atom. The number of piperidine rings is 1. The molecule has 0 N–H and O–H groups in total. The Bertz CT molecular complexity index is 1150. The molecule has 2 unspecified atom stereocenters. The van der Waals surface area contributed by atoms with Crippen LogP contribution in [-0.2, 0) is 13.2 Å². The van der Waals surface area contributed by atoms with E-state index in [-0.39, 0.29) is 24.0 Å². The Morgan fingerprint density at radius 2 is 1.97 bits per heavy atom. The minimum Gasteiger partial charge on any atom is -0.485 e. The summed E-state index contributed by atoms with van der Waals surface area (Å²) in [6.45, 7) is 4.13. The van der Waals surface area contributed by atoms with Gasteiger partial charge in [0, 0.05) is 37.3 Å². The van der Waals surface area contributed by atoms with E-state index in [1.165, 1.54) is 0 Å². The highest BCUT2D eigenvalue weighted by Gasteiger charge is 2.37. The maximum atomic E-state index is 13.3. The Kier molecular flexibility index (Phi) is 4.69. The molecule has 4 heterocycles. The topological polar surface area (TPSA) is 64.7 Å². The minimum absolute atomic E-state index is 0.0337. The van der Waals surface area contributed by atoms with Gasteiger partial charge in [-0.3, -0.25) is 9.59 Å². The zero-order valence-electron chi connectivity index (χ0n) is 16.9. The molecule has 0 saturated carbocycles. The molecule has 3 aromatic rings. The molecule has 154 valence electrons. The highest BCUT2D eigenvalue weighted by molar-refractivity contribution is 5.95. The van der Waals surface area contributed by atoms with Crippen LogP contribution in [0, 0.1) is 12.8 Å². The second-order valence-electron chi connectivity index (χ2n) is 8.22. The van der Waals surface area contributed by atoms with Crippen LogP contribution in [0.1, 0.15) is 39.7 Å². The fraction of sp³-hybridized carbons (Fsp3) is 0.333. The van der Waals surface area contributed by atoms with Crippen molar-refractivity contribution >= 4 is 5.91 Å². The summed E-state index contributed by atoms with van der Waals surface area (Å²) in [4.78, 5) is 27.4. The minimum atomic E-state index is -0.0337. The quantitative estimate of drug-likeness (QED) is 0.667. The number of aromatic nitrogens is 1. The van der Waals surface area contributed by atoms with E-state index in [0.29, 0.717) is 36.9 Å². The van der Waals surface area contributed by atoms with E-state index in [4.69, 9.17) is 9.15 Å². The first-order chi connectivity index (χ1) is 14.6. The van der Waals surface area contributed by atoms with Gasteiger partial charge in [0.15, 0.2) is 5.76 Å². The third-order valence-electron chi connectivity index (χ3n) is 6.20. The van der Waals surface area contributed by atoms with Gasteiger partial charge < -0.3 is 18.6 Å². The molecule has 0 aliphatic carbocycles. The van der Waals surface area contributed by atoms with Gasteiger partial charge in [0.2, 0.25) is 0 Å². The molecule has 6 heteroatoms. The van der Waals surface area contributed by atoms with E-state index < -0.39 is 0 Å². The fourth-order valence-corrected chi connectivity index (χ4v) is 4.74. The lowest BCUT2D eigenvalue weighted by atomic mass is 9.83. The number of ether oxygens (including phenoxy) is 1. The summed E-state index contributed by atoms with van der Waals surface area (Å²) in [5.41, 5.74) is 2.67. The lowest BCUT2D eigenvalue weighted by Gasteiger charge is -2.42. The molecule has 1 fully saturated rings. The largest absolute Gasteiger partial charge is 0.485 e. The molecule has 1 aromatic carbocycles. The summed E-state index contributed by atoms with van der Waals surface area (Å²) in [6, 6.07) is 14.9. The average molecular weight is 404 g/mol. The van der Waals surface area contributed by atoms with Gasteiger partial charge in [0.1, 0.15) is 12.4 Å². The molecule has 2 atom stereocenters. The third kappa shape index (κ3) is 3.32. The number of amides is 1. The SMILES string of the molecule is Cc1ccccc1OCc1occc1C(=O)N1CC2CC(C1)c1cccc(=O)n1C2. The van der Waals surface area contributed by atoms with Crippen LogP contribution in [0.5, 0.6) is 5.75 Å². The Labute approximate surface area is 174 Å². The summed E-state index contributed by atoms with van der Waals surface area (Å²) >= 11 is 0. The van der Waals surface area contributed by atoms with E-state index in [9.17, 15) is 9.59 Å². The molecule has 0 spiro atoms. The first-order valence-corrected chi connectivity index (χ1v) is 10.3. The van der Waals surface area contributed by atoms with E-state index in [1.54, 1.807) is 18.4 Å². The monoisotopic (exact) mass is 404 g/mol. The molecule has 2 aromatic heterocycles. The smallest absolute Gasteiger partial charge is 0.257 e. The van der Waals surface area contributed by atoms with Gasteiger partial charge in [0.25, 0.3) is 11.5 Å². The number of pyridine rings is 1. The van der Waals surface area contributed by atoms with Crippen molar-refractivity contribution in [1.29, 1.82) is 0 Å². The summed E-state index contributed by atoms with van der Waals surface area (Å²) in [5.74, 6) is 1.76. The van der Waals surface area contributed by atoms with Crippen LogP contribution in [0.4, 0.5) is 0 Å². The van der Waals surface area contributed by atoms with Crippen molar-refractivity contribution in [2.75, 3.05) is 13.1 Å².